The number of rotatable bonds is 5. The van der Waals surface area contributed by atoms with E-state index in [9.17, 15) is 19.7 Å². The Morgan fingerprint density at radius 1 is 1.26 bits per heavy atom. The van der Waals surface area contributed by atoms with Gasteiger partial charge in [-0.3, -0.25) is 24.6 Å². The third-order valence-electron chi connectivity index (χ3n) is 3.44. The van der Waals surface area contributed by atoms with Crippen molar-refractivity contribution in [2.45, 2.75) is 26.3 Å². The molecule has 9 heteroatoms. The molecule has 118 valence electrons. The van der Waals surface area contributed by atoms with Crippen LogP contribution in [0.1, 0.15) is 45.8 Å². The number of nitrogens with zero attached hydrogens (tertiary/aromatic N) is 4. The number of nitro benzene ring substituents is 1. The Labute approximate surface area is 130 Å². The number of imide groups is 1. The highest BCUT2D eigenvalue weighted by atomic mass is 16.6. The van der Waals surface area contributed by atoms with Crippen molar-refractivity contribution in [2.75, 3.05) is 0 Å². The number of benzene rings is 1. The van der Waals surface area contributed by atoms with E-state index in [0.29, 0.717) is 12.2 Å². The van der Waals surface area contributed by atoms with Crippen LogP contribution in [0.15, 0.2) is 22.7 Å². The summed E-state index contributed by atoms with van der Waals surface area (Å²) in [5, 5.41) is 14.5. The first-order valence-electron chi connectivity index (χ1n) is 6.97. The van der Waals surface area contributed by atoms with Crippen LogP contribution in [0.4, 0.5) is 5.69 Å². The summed E-state index contributed by atoms with van der Waals surface area (Å²) in [6.45, 7) is 1.81. The van der Waals surface area contributed by atoms with Gasteiger partial charge in [0.25, 0.3) is 17.5 Å². The summed E-state index contributed by atoms with van der Waals surface area (Å²) >= 11 is 0. The van der Waals surface area contributed by atoms with Crippen molar-refractivity contribution in [1.29, 1.82) is 0 Å². The van der Waals surface area contributed by atoms with Crippen LogP contribution in [0, 0.1) is 10.1 Å². The SMILES string of the molecule is CCCc1noc(CN2C(=O)c3ccc([N+](=O)[O-])cc3C2=O)n1. The normalized spacial score (nSPS) is 13.5. The van der Waals surface area contributed by atoms with Crippen LogP contribution in [-0.2, 0) is 13.0 Å². The Morgan fingerprint density at radius 3 is 2.70 bits per heavy atom. The molecule has 0 fully saturated rings. The monoisotopic (exact) mass is 316 g/mol. The molecule has 0 atom stereocenters. The first-order chi connectivity index (χ1) is 11.0. The molecule has 1 aromatic carbocycles. The van der Waals surface area contributed by atoms with Crippen LogP contribution in [0.3, 0.4) is 0 Å². The van der Waals surface area contributed by atoms with Gasteiger partial charge < -0.3 is 4.52 Å². The number of hydrogen-bond acceptors (Lipinski definition) is 7. The molecule has 0 N–H and O–H groups in total. The zero-order valence-electron chi connectivity index (χ0n) is 12.2. The molecular weight excluding hydrogens is 304 g/mol. The molecular formula is C14H12N4O5. The van der Waals surface area contributed by atoms with Crippen molar-refractivity contribution < 1.29 is 19.0 Å². The minimum absolute atomic E-state index is 0.0116. The first-order valence-corrected chi connectivity index (χ1v) is 6.97. The van der Waals surface area contributed by atoms with Crippen molar-refractivity contribution in [2.24, 2.45) is 0 Å². The minimum Gasteiger partial charge on any atom is -0.337 e. The number of nitro groups is 1. The second-order valence-corrected chi connectivity index (χ2v) is 5.04. The fourth-order valence-electron chi connectivity index (χ4n) is 2.35. The van der Waals surface area contributed by atoms with Gasteiger partial charge >= 0.3 is 0 Å². The van der Waals surface area contributed by atoms with Gasteiger partial charge in [0.15, 0.2) is 5.82 Å². The molecule has 0 saturated heterocycles. The summed E-state index contributed by atoms with van der Waals surface area (Å²) in [5.41, 5.74) is -0.0961. The Kier molecular flexibility index (Phi) is 3.61. The molecule has 1 aliphatic heterocycles. The van der Waals surface area contributed by atoms with Crippen molar-refractivity contribution in [3.63, 3.8) is 0 Å². The maximum atomic E-state index is 12.3. The van der Waals surface area contributed by atoms with Crippen molar-refractivity contribution in [3.05, 3.63) is 51.2 Å². The van der Waals surface area contributed by atoms with E-state index in [-0.39, 0.29) is 29.2 Å². The quantitative estimate of drug-likeness (QED) is 0.468. The molecule has 2 heterocycles. The van der Waals surface area contributed by atoms with Gasteiger partial charge in [0.2, 0.25) is 5.89 Å². The number of amides is 2. The maximum Gasteiger partial charge on any atom is 0.270 e. The van der Waals surface area contributed by atoms with E-state index in [0.717, 1.165) is 17.4 Å². The Morgan fingerprint density at radius 2 is 2.00 bits per heavy atom. The fourth-order valence-corrected chi connectivity index (χ4v) is 2.35. The Balaban J connectivity index is 1.86. The van der Waals surface area contributed by atoms with Gasteiger partial charge in [-0.05, 0) is 12.5 Å². The highest BCUT2D eigenvalue weighted by Crippen LogP contribution is 2.27. The van der Waals surface area contributed by atoms with Crippen molar-refractivity contribution in [3.8, 4) is 0 Å². The lowest BCUT2D eigenvalue weighted by Crippen LogP contribution is -2.29. The summed E-state index contributed by atoms with van der Waals surface area (Å²) in [6, 6.07) is 3.58. The summed E-state index contributed by atoms with van der Waals surface area (Å²) in [6.07, 6.45) is 1.48. The van der Waals surface area contributed by atoms with Gasteiger partial charge in [0.1, 0.15) is 6.54 Å². The third-order valence-corrected chi connectivity index (χ3v) is 3.44. The molecule has 0 aliphatic carbocycles. The lowest BCUT2D eigenvalue weighted by Gasteiger charge is -2.09. The van der Waals surface area contributed by atoms with Crippen molar-refractivity contribution in [1.82, 2.24) is 15.0 Å². The van der Waals surface area contributed by atoms with Crippen LogP contribution >= 0.6 is 0 Å². The largest absolute Gasteiger partial charge is 0.337 e. The number of aryl methyl sites for hydroxylation is 1. The lowest BCUT2D eigenvalue weighted by atomic mass is 10.1. The number of hydrogen-bond donors (Lipinski definition) is 0. The zero-order valence-corrected chi connectivity index (χ0v) is 12.2. The second-order valence-electron chi connectivity index (χ2n) is 5.04. The number of fused-ring (bicyclic) bond motifs is 1. The van der Waals surface area contributed by atoms with Crippen LogP contribution in [0.25, 0.3) is 0 Å². The molecule has 2 aromatic rings. The van der Waals surface area contributed by atoms with Gasteiger partial charge in [0.05, 0.1) is 16.1 Å². The summed E-state index contributed by atoms with van der Waals surface area (Å²) in [7, 11) is 0. The van der Waals surface area contributed by atoms with Crippen molar-refractivity contribution >= 4 is 17.5 Å². The van der Waals surface area contributed by atoms with E-state index in [1.165, 1.54) is 12.1 Å². The van der Waals surface area contributed by atoms with Gasteiger partial charge in [-0.15, -0.1) is 0 Å². The molecule has 3 rings (SSSR count). The molecule has 9 nitrogen and oxygen atoms in total. The predicted molar refractivity (Wildman–Crippen MR) is 75.6 cm³/mol. The minimum atomic E-state index is -0.615. The van der Waals surface area contributed by atoms with E-state index >= 15 is 0 Å². The molecule has 0 radical (unpaired) electrons. The van der Waals surface area contributed by atoms with Crippen LogP contribution in [-0.4, -0.2) is 31.8 Å². The third kappa shape index (κ3) is 2.56. The van der Waals surface area contributed by atoms with E-state index in [1.807, 2.05) is 6.92 Å². The fraction of sp³-hybridized carbons (Fsp3) is 0.286. The Bertz CT molecular complexity index is 813. The molecule has 2 amide bonds. The molecule has 0 saturated carbocycles. The van der Waals surface area contributed by atoms with Crippen LogP contribution < -0.4 is 0 Å². The number of aromatic nitrogens is 2. The average Bonchev–Trinajstić information content (AvgIpc) is 3.06. The first kappa shape index (κ1) is 14.8. The lowest BCUT2D eigenvalue weighted by molar-refractivity contribution is -0.384. The molecule has 0 spiro atoms. The predicted octanol–water partition coefficient (Wildman–Crippen LogP) is 1.73. The Hall–Kier alpha value is -3.10. The zero-order chi connectivity index (χ0) is 16.6. The standard InChI is InChI=1S/C14H12N4O5/c1-2-3-11-15-12(23-16-11)7-17-13(19)9-5-4-8(18(21)22)6-10(9)14(17)20/h4-6H,2-3,7H2,1H3. The average molecular weight is 316 g/mol. The highest BCUT2D eigenvalue weighted by molar-refractivity contribution is 6.21. The number of non-ortho nitro benzene ring substituents is 1. The van der Waals surface area contributed by atoms with E-state index in [2.05, 4.69) is 10.1 Å². The van der Waals surface area contributed by atoms with E-state index in [4.69, 9.17) is 4.52 Å². The van der Waals surface area contributed by atoms with Crippen LogP contribution in [0.5, 0.6) is 0 Å². The topological polar surface area (TPSA) is 119 Å². The van der Waals surface area contributed by atoms with E-state index < -0.39 is 16.7 Å². The molecule has 1 aromatic heterocycles. The van der Waals surface area contributed by atoms with E-state index in [1.54, 1.807) is 0 Å². The molecule has 1 aliphatic rings. The molecule has 23 heavy (non-hydrogen) atoms. The summed E-state index contributed by atoms with van der Waals surface area (Å²) < 4.78 is 5.02. The van der Waals surface area contributed by atoms with Gasteiger partial charge in [-0.25, -0.2) is 0 Å². The highest BCUT2D eigenvalue weighted by Gasteiger charge is 2.37. The van der Waals surface area contributed by atoms with Crippen LogP contribution in [0.2, 0.25) is 0 Å². The molecule has 0 unspecified atom stereocenters. The summed E-state index contributed by atoms with van der Waals surface area (Å²) in [5.74, 6) is -0.480. The van der Waals surface area contributed by atoms with Gasteiger partial charge in [-0.2, -0.15) is 4.98 Å². The maximum absolute atomic E-state index is 12.3. The van der Waals surface area contributed by atoms with Gasteiger partial charge in [0, 0.05) is 18.6 Å². The number of carbonyl (C=O) groups is 2. The smallest absolute Gasteiger partial charge is 0.270 e. The summed E-state index contributed by atoms with van der Waals surface area (Å²) in [4.78, 5) is 39.8. The number of carbonyl (C=O) groups excluding carboxylic acids is 2. The second kappa shape index (κ2) is 5.59. The van der Waals surface area contributed by atoms with Gasteiger partial charge in [-0.1, -0.05) is 12.1 Å². The molecule has 0 bridgehead atoms.